The number of aliphatic hydroxyl groups is 2. The first-order valence-corrected chi connectivity index (χ1v) is 10.7. The highest BCUT2D eigenvalue weighted by Crippen LogP contribution is 2.68. The summed E-state index contributed by atoms with van der Waals surface area (Å²) in [5.41, 5.74) is -0.473. The maximum atomic E-state index is 11.9. The number of aliphatic hydroxyl groups excluding tert-OH is 1. The quantitative estimate of drug-likeness (QED) is 0.734. The molecular formula is C22H36O4. The molecule has 0 radical (unpaired) electrons. The van der Waals surface area contributed by atoms with Gasteiger partial charge in [-0.1, -0.05) is 13.8 Å². The van der Waals surface area contributed by atoms with Gasteiger partial charge in [0.25, 0.3) is 0 Å². The second-order valence-corrected chi connectivity index (χ2v) is 10.3. The van der Waals surface area contributed by atoms with Crippen molar-refractivity contribution in [2.24, 2.45) is 34.5 Å². The molecule has 148 valence electrons. The highest BCUT2D eigenvalue weighted by atomic mass is 16.5. The van der Waals surface area contributed by atoms with Gasteiger partial charge in [0.2, 0.25) is 0 Å². The van der Waals surface area contributed by atoms with E-state index in [2.05, 4.69) is 13.8 Å². The van der Waals surface area contributed by atoms with Gasteiger partial charge in [-0.3, -0.25) is 4.79 Å². The first-order valence-electron chi connectivity index (χ1n) is 10.7. The van der Waals surface area contributed by atoms with Crippen LogP contribution in [-0.4, -0.2) is 34.5 Å². The molecule has 0 saturated heterocycles. The SMILES string of the molecule is CC(=O)O[C@H]1CC[C@@]2(C)[C@H](CC[C@@H]3[C@@H]2CC[C@]2(C)[C@@H](CO)CC[C@]32O)C1. The molecule has 4 rings (SSSR count). The molecule has 0 bridgehead atoms. The van der Waals surface area contributed by atoms with Gasteiger partial charge in [0, 0.05) is 18.9 Å². The highest BCUT2D eigenvalue weighted by molar-refractivity contribution is 5.66. The van der Waals surface area contributed by atoms with Gasteiger partial charge in [0.05, 0.1) is 5.60 Å². The first kappa shape index (κ1) is 18.7. The molecule has 4 saturated carbocycles. The predicted molar refractivity (Wildman–Crippen MR) is 99.3 cm³/mol. The lowest BCUT2D eigenvalue weighted by atomic mass is 9.43. The summed E-state index contributed by atoms with van der Waals surface area (Å²) in [6.45, 7) is 6.41. The summed E-state index contributed by atoms with van der Waals surface area (Å²) >= 11 is 0. The van der Waals surface area contributed by atoms with Crippen molar-refractivity contribution in [2.75, 3.05) is 6.61 Å². The second kappa shape index (κ2) is 6.20. The molecule has 4 fully saturated rings. The minimum Gasteiger partial charge on any atom is -0.463 e. The molecule has 4 nitrogen and oxygen atoms in total. The Balaban J connectivity index is 1.58. The third-order valence-corrected chi connectivity index (χ3v) is 9.55. The number of hydrogen-bond acceptors (Lipinski definition) is 4. The monoisotopic (exact) mass is 364 g/mol. The van der Waals surface area contributed by atoms with Gasteiger partial charge in [-0.25, -0.2) is 0 Å². The molecule has 26 heavy (non-hydrogen) atoms. The maximum absolute atomic E-state index is 11.9. The Bertz CT molecular complexity index is 576. The van der Waals surface area contributed by atoms with Crippen LogP contribution in [0, 0.1) is 34.5 Å². The summed E-state index contributed by atoms with van der Waals surface area (Å²) < 4.78 is 5.54. The van der Waals surface area contributed by atoms with E-state index in [0.29, 0.717) is 17.8 Å². The van der Waals surface area contributed by atoms with Crippen LogP contribution in [0.2, 0.25) is 0 Å². The number of esters is 1. The lowest BCUT2D eigenvalue weighted by Gasteiger charge is -2.63. The third kappa shape index (κ3) is 2.44. The number of carbonyl (C=O) groups is 1. The summed E-state index contributed by atoms with van der Waals surface area (Å²) in [4.78, 5) is 11.4. The Hall–Kier alpha value is -0.610. The van der Waals surface area contributed by atoms with Gasteiger partial charge >= 0.3 is 5.97 Å². The van der Waals surface area contributed by atoms with E-state index >= 15 is 0 Å². The van der Waals surface area contributed by atoms with Crippen LogP contribution in [0.3, 0.4) is 0 Å². The molecule has 2 N–H and O–H groups in total. The van der Waals surface area contributed by atoms with E-state index in [4.69, 9.17) is 4.74 Å². The van der Waals surface area contributed by atoms with Crippen LogP contribution in [0.15, 0.2) is 0 Å². The Kier molecular flexibility index (Phi) is 4.47. The first-order chi connectivity index (χ1) is 12.2. The van der Waals surface area contributed by atoms with E-state index < -0.39 is 5.60 Å². The lowest BCUT2D eigenvalue weighted by Crippen LogP contribution is -2.62. The van der Waals surface area contributed by atoms with Gasteiger partial charge in [0.1, 0.15) is 6.10 Å². The smallest absolute Gasteiger partial charge is 0.302 e. The zero-order valence-electron chi connectivity index (χ0n) is 16.7. The van der Waals surface area contributed by atoms with Crippen molar-refractivity contribution in [1.29, 1.82) is 0 Å². The molecule has 0 heterocycles. The van der Waals surface area contributed by atoms with Crippen molar-refractivity contribution >= 4 is 5.97 Å². The summed E-state index contributed by atoms with van der Waals surface area (Å²) in [7, 11) is 0. The Morgan fingerprint density at radius 2 is 1.81 bits per heavy atom. The standard InChI is InChI=1S/C22H36O4/c1-14(24)26-17-7-9-20(2)15(12-17)4-5-19-18(20)8-10-21(3)16(13-23)6-11-22(19,21)25/h15-19,23,25H,4-13H2,1-3H3/t15-,16-,17+,18+,19-,20+,21-,22+/m1/s1. The topological polar surface area (TPSA) is 66.8 Å². The summed E-state index contributed by atoms with van der Waals surface area (Å²) in [5, 5.41) is 21.7. The van der Waals surface area contributed by atoms with Crippen LogP contribution < -0.4 is 0 Å². The van der Waals surface area contributed by atoms with E-state index in [0.717, 1.165) is 51.4 Å². The summed E-state index contributed by atoms with van der Waals surface area (Å²) in [6.07, 6.45) is 9.39. The number of carbonyl (C=O) groups excluding carboxylic acids is 1. The summed E-state index contributed by atoms with van der Waals surface area (Å²) in [5.74, 6) is 1.62. The Labute approximate surface area is 157 Å². The molecule has 0 spiro atoms. The Morgan fingerprint density at radius 1 is 1.04 bits per heavy atom. The van der Waals surface area contributed by atoms with Crippen molar-refractivity contribution in [3.8, 4) is 0 Å². The molecule has 8 atom stereocenters. The van der Waals surface area contributed by atoms with Gasteiger partial charge in [-0.2, -0.15) is 0 Å². The second-order valence-electron chi connectivity index (χ2n) is 10.3. The lowest BCUT2D eigenvalue weighted by molar-refractivity contribution is -0.213. The van der Waals surface area contributed by atoms with Crippen molar-refractivity contribution in [1.82, 2.24) is 0 Å². The van der Waals surface area contributed by atoms with Crippen molar-refractivity contribution in [3.63, 3.8) is 0 Å². The largest absolute Gasteiger partial charge is 0.463 e. The molecule has 0 unspecified atom stereocenters. The number of fused-ring (bicyclic) bond motifs is 5. The normalized spacial score (nSPS) is 53.3. The van der Waals surface area contributed by atoms with Crippen LogP contribution in [0.1, 0.15) is 78.6 Å². The van der Waals surface area contributed by atoms with Crippen LogP contribution >= 0.6 is 0 Å². The molecule has 0 aromatic rings. The molecular weight excluding hydrogens is 328 g/mol. The fourth-order valence-corrected chi connectivity index (χ4v) is 7.93. The predicted octanol–water partition coefficient (Wildman–Crippen LogP) is 3.68. The average molecular weight is 365 g/mol. The molecule has 4 heteroatoms. The minimum atomic E-state index is -0.607. The maximum Gasteiger partial charge on any atom is 0.302 e. The van der Waals surface area contributed by atoms with Crippen LogP contribution in [0.25, 0.3) is 0 Å². The van der Waals surface area contributed by atoms with Gasteiger partial charge < -0.3 is 14.9 Å². The van der Waals surface area contributed by atoms with E-state index in [1.165, 1.54) is 13.3 Å². The van der Waals surface area contributed by atoms with Gasteiger partial charge in [0.15, 0.2) is 0 Å². The average Bonchev–Trinajstić information content (AvgIpc) is 2.86. The van der Waals surface area contributed by atoms with Crippen molar-refractivity contribution < 1.29 is 19.7 Å². The van der Waals surface area contributed by atoms with Crippen LogP contribution in [-0.2, 0) is 9.53 Å². The van der Waals surface area contributed by atoms with Crippen LogP contribution in [0.4, 0.5) is 0 Å². The fourth-order valence-electron chi connectivity index (χ4n) is 7.93. The van der Waals surface area contributed by atoms with Crippen molar-refractivity contribution in [2.45, 2.75) is 90.3 Å². The zero-order chi connectivity index (χ0) is 18.7. The van der Waals surface area contributed by atoms with E-state index in [1.807, 2.05) is 0 Å². The van der Waals surface area contributed by atoms with Gasteiger partial charge in [-0.05, 0) is 86.9 Å². The van der Waals surface area contributed by atoms with E-state index in [-0.39, 0.29) is 35.4 Å². The molecule has 0 aromatic carbocycles. The third-order valence-electron chi connectivity index (χ3n) is 9.55. The zero-order valence-corrected chi connectivity index (χ0v) is 16.7. The molecule has 0 aromatic heterocycles. The van der Waals surface area contributed by atoms with Gasteiger partial charge in [-0.15, -0.1) is 0 Å². The number of hydrogen-bond donors (Lipinski definition) is 2. The minimum absolute atomic E-state index is 0.0873. The number of rotatable bonds is 2. The van der Waals surface area contributed by atoms with E-state index in [9.17, 15) is 15.0 Å². The Morgan fingerprint density at radius 3 is 2.50 bits per heavy atom. The highest BCUT2D eigenvalue weighted by Gasteiger charge is 2.67. The molecule has 4 aliphatic carbocycles. The molecule has 0 amide bonds. The fraction of sp³-hybridized carbons (Fsp3) is 0.955. The number of ether oxygens (including phenoxy) is 1. The van der Waals surface area contributed by atoms with E-state index in [1.54, 1.807) is 0 Å². The van der Waals surface area contributed by atoms with Crippen molar-refractivity contribution in [3.05, 3.63) is 0 Å². The van der Waals surface area contributed by atoms with Crippen LogP contribution in [0.5, 0.6) is 0 Å². The summed E-state index contributed by atoms with van der Waals surface area (Å²) in [6, 6.07) is 0. The molecule has 0 aliphatic heterocycles. The molecule has 4 aliphatic rings.